The Morgan fingerprint density at radius 1 is 1.31 bits per heavy atom. The SMILES string of the molecule is Cc1cc(CN2CCNCC2c2nccn2C)cc(C)c1OC(F)F.Cl. The van der Waals surface area contributed by atoms with Crippen LogP contribution in [0.5, 0.6) is 5.75 Å². The molecule has 26 heavy (non-hydrogen) atoms. The predicted octanol–water partition coefficient (Wildman–Crippen LogP) is 3.21. The zero-order valence-electron chi connectivity index (χ0n) is 15.2. The molecule has 5 nitrogen and oxygen atoms in total. The molecular weight excluding hydrogens is 362 g/mol. The van der Waals surface area contributed by atoms with Crippen LogP contribution >= 0.6 is 12.4 Å². The highest BCUT2D eigenvalue weighted by Crippen LogP contribution is 2.29. The quantitative estimate of drug-likeness (QED) is 0.856. The molecule has 1 N–H and O–H groups in total. The summed E-state index contributed by atoms with van der Waals surface area (Å²) in [5.41, 5.74) is 2.57. The monoisotopic (exact) mass is 386 g/mol. The largest absolute Gasteiger partial charge is 0.434 e. The number of aromatic nitrogens is 2. The van der Waals surface area contributed by atoms with Gasteiger partial charge in [-0.05, 0) is 30.5 Å². The molecule has 1 aromatic carbocycles. The molecule has 2 aromatic rings. The molecule has 8 heteroatoms. The molecule has 0 radical (unpaired) electrons. The van der Waals surface area contributed by atoms with Gasteiger partial charge in [-0.25, -0.2) is 4.98 Å². The lowest BCUT2D eigenvalue weighted by Gasteiger charge is -2.36. The number of alkyl halides is 2. The van der Waals surface area contributed by atoms with Gasteiger partial charge >= 0.3 is 6.61 Å². The maximum atomic E-state index is 12.6. The Labute approximate surface area is 158 Å². The Kier molecular flexibility index (Phi) is 6.97. The van der Waals surface area contributed by atoms with E-state index in [0.717, 1.165) is 48.7 Å². The van der Waals surface area contributed by atoms with Crippen molar-refractivity contribution in [2.45, 2.75) is 33.0 Å². The Morgan fingerprint density at radius 2 is 2.00 bits per heavy atom. The fraction of sp³-hybridized carbons (Fsp3) is 0.500. The van der Waals surface area contributed by atoms with E-state index in [9.17, 15) is 8.78 Å². The summed E-state index contributed by atoms with van der Waals surface area (Å²) >= 11 is 0. The van der Waals surface area contributed by atoms with Crippen molar-refractivity contribution in [2.75, 3.05) is 19.6 Å². The van der Waals surface area contributed by atoms with Crippen molar-refractivity contribution in [1.82, 2.24) is 19.8 Å². The van der Waals surface area contributed by atoms with Crippen LogP contribution in [0.25, 0.3) is 0 Å². The molecule has 1 fully saturated rings. The summed E-state index contributed by atoms with van der Waals surface area (Å²) < 4.78 is 31.8. The van der Waals surface area contributed by atoms with Gasteiger partial charge in [0.2, 0.25) is 0 Å². The van der Waals surface area contributed by atoms with Gasteiger partial charge in [0.1, 0.15) is 11.6 Å². The molecule has 0 spiro atoms. The molecule has 1 aliphatic rings. The van der Waals surface area contributed by atoms with Crippen molar-refractivity contribution in [3.8, 4) is 5.75 Å². The number of rotatable bonds is 5. The number of hydrogen-bond acceptors (Lipinski definition) is 4. The second kappa shape index (κ2) is 8.79. The zero-order valence-corrected chi connectivity index (χ0v) is 16.0. The van der Waals surface area contributed by atoms with E-state index < -0.39 is 6.61 Å². The summed E-state index contributed by atoms with van der Waals surface area (Å²) in [5.74, 6) is 1.30. The molecule has 0 saturated carbocycles. The van der Waals surface area contributed by atoms with Gasteiger partial charge in [0.05, 0.1) is 6.04 Å². The lowest BCUT2D eigenvalue weighted by molar-refractivity contribution is -0.0507. The molecule has 2 heterocycles. The van der Waals surface area contributed by atoms with Gasteiger partial charge in [-0.3, -0.25) is 4.90 Å². The van der Waals surface area contributed by atoms with Crippen LogP contribution < -0.4 is 10.1 Å². The van der Waals surface area contributed by atoms with Gasteiger partial charge in [-0.15, -0.1) is 12.4 Å². The van der Waals surface area contributed by atoms with E-state index in [4.69, 9.17) is 0 Å². The number of halogens is 3. The van der Waals surface area contributed by atoms with Crippen LogP contribution in [0.3, 0.4) is 0 Å². The van der Waals surface area contributed by atoms with Gasteiger partial charge in [-0.1, -0.05) is 12.1 Å². The van der Waals surface area contributed by atoms with Crippen LogP contribution in [0.2, 0.25) is 0 Å². The van der Waals surface area contributed by atoms with Gasteiger partial charge in [0, 0.05) is 45.6 Å². The van der Waals surface area contributed by atoms with Crippen LogP contribution in [-0.4, -0.2) is 40.7 Å². The fourth-order valence-electron chi connectivity index (χ4n) is 3.53. The number of imidazole rings is 1. The van der Waals surface area contributed by atoms with E-state index in [1.54, 1.807) is 0 Å². The van der Waals surface area contributed by atoms with Crippen molar-refractivity contribution < 1.29 is 13.5 Å². The lowest BCUT2D eigenvalue weighted by Crippen LogP contribution is -2.46. The number of ether oxygens (including phenoxy) is 1. The van der Waals surface area contributed by atoms with Crippen LogP contribution in [0, 0.1) is 13.8 Å². The minimum atomic E-state index is -2.80. The molecule has 1 aliphatic heterocycles. The molecule has 3 rings (SSSR count). The normalized spacial score (nSPS) is 18.0. The number of nitrogens with zero attached hydrogens (tertiary/aromatic N) is 3. The summed E-state index contributed by atoms with van der Waals surface area (Å²) in [5, 5.41) is 3.42. The van der Waals surface area contributed by atoms with E-state index >= 15 is 0 Å². The standard InChI is InChI=1S/C18H24F2N4O.ClH/c1-12-8-14(9-13(2)16(12)25-18(19)20)11-24-7-4-21-10-15(24)17-22-5-6-23(17)3;/h5-6,8-9,15,18,21H,4,7,10-11H2,1-3H3;1H. The van der Waals surface area contributed by atoms with E-state index in [1.165, 1.54) is 0 Å². The molecule has 1 saturated heterocycles. The average molecular weight is 387 g/mol. The first-order chi connectivity index (χ1) is 12.0. The number of hydrogen-bond donors (Lipinski definition) is 1. The third kappa shape index (κ3) is 4.52. The summed E-state index contributed by atoms with van der Waals surface area (Å²) in [7, 11) is 2.00. The van der Waals surface area contributed by atoms with Crippen molar-refractivity contribution in [3.05, 3.63) is 47.0 Å². The Bertz CT molecular complexity index is 715. The summed E-state index contributed by atoms with van der Waals surface area (Å²) in [4.78, 5) is 6.87. The molecule has 1 unspecified atom stereocenters. The first-order valence-corrected chi connectivity index (χ1v) is 8.42. The van der Waals surface area contributed by atoms with Crippen LogP contribution in [0.15, 0.2) is 24.5 Å². The highest BCUT2D eigenvalue weighted by Gasteiger charge is 2.27. The molecule has 1 atom stereocenters. The average Bonchev–Trinajstić information content (AvgIpc) is 2.97. The van der Waals surface area contributed by atoms with E-state index in [1.807, 2.05) is 50.0 Å². The van der Waals surface area contributed by atoms with Crippen molar-refractivity contribution >= 4 is 12.4 Å². The Morgan fingerprint density at radius 3 is 2.58 bits per heavy atom. The third-order valence-corrected chi connectivity index (χ3v) is 4.62. The van der Waals surface area contributed by atoms with Crippen molar-refractivity contribution in [2.24, 2.45) is 7.05 Å². The highest BCUT2D eigenvalue weighted by molar-refractivity contribution is 5.85. The summed E-state index contributed by atoms with van der Waals surface area (Å²) in [6.45, 7) is 4.23. The Balaban J connectivity index is 0.00000243. The first kappa shape index (κ1) is 20.6. The lowest BCUT2D eigenvalue weighted by atomic mass is 10.0. The van der Waals surface area contributed by atoms with Gasteiger partial charge in [0.25, 0.3) is 0 Å². The van der Waals surface area contributed by atoms with Gasteiger partial charge in [-0.2, -0.15) is 8.78 Å². The predicted molar refractivity (Wildman–Crippen MR) is 99.0 cm³/mol. The molecule has 1 aromatic heterocycles. The summed E-state index contributed by atoms with van der Waals surface area (Å²) in [6.07, 6.45) is 3.76. The van der Waals surface area contributed by atoms with Crippen LogP contribution in [0.1, 0.15) is 28.6 Å². The second-order valence-electron chi connectivity index (χ2n) is 6.52. The first-order valence-electron chi connectivity index (χ1n) is 8.42. The highest BCUT2D eigenvalue weighted by atomic mass is 35.5. The maximum absolute atomic E-state index is 12.6. The van der Waals surface area contributed by atoms with E-state index in [2.05, 4.69) is 19.9 Å². The molecule has 144 valence electrons. The third-order valence-electron chi connectivity index (χ3n) is 4.62. The Hall–Kier alpha value is -1.70. The number of benzene rings is 1. The molecule has 0 amide bonds. The maximum Gasteiger partial charge on any atom is 0.387 e. The van der Waals surface area contributed by atoms with Crippen molar-refractivity contribution in [3.63, 3.8) is 0 Å². The zero-order chi connectivity index (χ0) is 18.0. The molecular formula is C18H25ClF2N4O. The van der Waals surface area contributed by atoms with Crippen molar-refractivity contribution in [1.29, 1.82) is 0 Å². The van der Waals surface area contributed by atoms with Gasteiger partial charge < -0.3 is 14.6 Å². The number of piperazine rings is 1. The minimum Gasteiger partial charge on any atom is -0.434 e. The smallest absolute Gasteiger partial charge is 0.387 e. The summed E-state index contributed by atoms with van der Waals surface area (Å²) in [6, 6.07) is 4.05. The minimum absolute atomic E-state index is 0. The van der Waals surface area contributed by atoms with Gasteiger partial charge in [0.15, 0.2) is 0 Å². The molecule has 0 aliphatic carbocycles. The van der Waals surface area contributed by atoms with Crippen LogP contribution in [-0.2, 0) is 13.6 Å². The second-order valence-corrected chi connectivity index (χ2v) is 6.52. The topological polar surface area (TPSA) is 42.3 Å². The fourth-order valence-corrected chi connectivity index (χ4v) is 3.53. The van der Waals surface area contributed by atoms with E-state index in [0.29, 0.717) is 0 Å². The van der Waals surface area contributed by atoms with Crippen LogP contribution in [0.4, 0.5) is 8.78 Å². The number of nitrogens with one attached hydrogen (secondary N) is 1. The van der Waals surface area contributed by atoms with E-state index in [-0.39, 0.29) is 24.2 Å². The number of aryl methyl sites for hydroxylation is 3. The molecule has 0 bridgehead atoms.